The summed E-state index contributed by atoms with van der Waals surface area (Å²) in [6.45, 7) is 4.15. The molecule has 7 heteroatoms. The lowest BCUT2D eigenvalue weighted by Gasteiger charge is -2.31. The largest absolute Gasteiger partial charge is 0.476 e. The number of nitrogen functional groups attached to an aromatic ring is 1. The molecule has 2 N–H and O–H groups in total. The monoisotopic (exact) mass is 263 g/mol. The van der Waals surface area contributed by atoms with Gasteiger partial charge in [0.2, 0.25) is 5.88 Å². The SMILES string of the molecule is CCCOc1ncnc(N2CCOC(C#N)C2)c1N. The van der Waals surface area contributed by atoms with Gasteiger partial charge in [0.1, 0.15) is 12.0 Å². The van der Waals surface area contributed by atoms with Crippen molar-refractivity contribution in [1.29, 1.82) is 5.26 Å². The lowest BCUT2D eigenvalue weighted by Crippen LogP contribution is -2.42. The van der Waals surface area contributed by atoms with Crippen LogP contribution in [-0.2, 0) is 4.74 Å². The molecule has 0 spiro atoms. The number of rotatable bonds is 4. The van der Waals surface area contributed by atoms with Crippen molar-refractivity contribution in [3.05, 3.63) is 6.33 Å². The Bertz CT molecular complexity index is 474. The van der Waals surface area contributed by atoms with Crippen molar-refractivity contribution in [2.45, 2.75) is 19.4 Å². The van der Waals surface area contributed by atoms with Crippen molar-refractivity contribution in [3.63, 3.8) is 0 Å². The van der Waals surface area contributed by atoms with Crippen LogP contribution in [-0.4, -0.2) is 42.4 Å². The predicted molar refractivity (Wildman–Crippen MR) is 69.8 cm³/mol. The van der Waals surface area contributed by atoms with Crippen molar-refractivity contribution in [3.8, 4) is 11.9 Å². The second kappa shape index (κ2) is 6.20. The van der Waals surface area contributed by atoms with Gasteiger partial charge in [-0.15, -0.1) is 0 Å². The van der Waals surface area contributed by atoms with Crippen LogP contribution in [0.25, 0.3) is 0 Å². The van der Waals surface area contributed by atoms with E-state index in [1.807, 2.05) is 11.8 Å². The summed E-state index contributed by atoms with van der Waals surface area (Å²) in [5, 5.41) is 8.91. The van der Waals surface area contributed by atoms with Crippen LogP contribution in [0.5, 0.6) is 5.88 Å². The fraction of sp³-hybridized carbons (Fsp3) is 0.583. The average Bonchev–Trinajstić information content (AvgIpc) is 2.46. The Morgan fingerprint density at radius 3 is 3.21 bits per heavy atom. The van der Waals surface area contributed by atoms with Crippen LogP contribution < -0.4 is 15.4 Å². The van der Waals surface area contributed by atoms with Crippen LogP contribution in [0.2, 0.25) is 0 Å². The summed E-state index contributed by atoms with van der Waals surface area (Å²) in [7, 11) is 0. The molecule has 1 saturated heterocycles. The van der Waals surface area contributed by atoms with Gasteiger partial charge in [-0.25, -0.2) is 4.98 Å². The first-order valence-electron chi connectivity index (χ1n) is 6.25. The number of ether oxygens (including phenoxy) is 2. The molecule has 1 aliphatic rings. The van der Waals surface area contributed by atoms with E-state index in [4.69, 9.17) is 20.5 Å². The molecule has 0 amide bonds. The minimum atomic E-state index is -0.455. The minimum absolute atomic E-state index is 0.395. The highest BCUT2D eigenvalue weighted by Gasteiger charge is 2.24. The summed E-state index contributed by atoms with van der Waals surface area (Å²) in [4.78, 5) is 10.1. The smallest absolute Gasteiger partial charge is 0.242 e. The Morgan fingerprint density at radius 1 is 1.63 bits per heavy atom. The van der Waals surface area contributed by atoms with E-state index in [1.54, 1.807) is 0 Å². The minimum Gasteiger partial charge on any atom is -0.476 e. The zero-order valence-corrected chi connectivity index (χ0v) is 10.9. The van der Waals surface area contributed by atoms with E-state index in [1.165, 1.54) is 6.33 Å². The molecular weight excluding hydrogens is 246 g/mol. The Morgan fingerprint density at radius 2 is 2.47 bits per heavy atom. The molecule has 1 unspecified atom stereocenters. The summed E-state index contributed by atoms with van der Waals surface area (Å²) in [5.41, 5.74) is 6.44. The third-order valence-corrected chi connectivity index (χ3v) is 2.78. The van der Waals surface area contributed by atoms with Crippen molar-refractivity contribution in [1.82, 2.24) is 9.97 Å². The summed E-state index contributed by atoms with van der Waals surface area (Å²) >= 11 is 0. The number of anilines is 2. The van der Waals surface area contributed by atoms with Gasteiger partial charge in [-0.1, -0.05) is 6.92 Å². The number of nitrogens with two attached hydrogens (primary N) is 1. The normalized spacial score (nSPS) is 18.9. The highest BCUT2D eigenvalue weighted by molar-refractivity contribution is 5.68. The van der Waals surface area contributed by atoms with Gasteiger partial charge in [0.05, 0.1) is 25.8 Å². The molecule has 19 heavy (non-hydrogen) atoms. The number of hydrogen-bond acceptors (Lipinski definition) is 7. The van der Waals surface area contributed by atoms with E-state index < -0.39 is 6.10 Å². The summed E-state index contributed by atoms with van der Waals surface area (Å²) in [6.07, 6.45) is 1.85. The van der Waals surface area contributed by atoms with Crippen molar-refractivity contribution in [2.24, 2.45) is 0 Å². The molecule has 1 aliphatic heterocycles. The number of nitriles is 1. The fourth-order valence-electron chi connectivity index (χ4n) is 1.86. The van der Waals surface area contributed by atoms with Crippen LogP contribution >= 0.6 is 0 Å². The third kappa shape index (κ3) is 3.03. The lowest BCUT2D eigenvalue weighted by atomic mass is 10.3. The second-order valence-corrected chi connectivity index (χ2v) is 4.20. The summed E-state index contributed by atoms with van der Waals surface area (Å²) < 4.78 is 10.8. The molecule has 0 radical (unpaired) electrons. The molecule has 1 aromatic heterocycles. The number of morpholine rings is 1. The molecule has 2 heterocycles. The summed E-state index contributed by atoms with van der Waals surface area (Å²) in [5.74, 6) is 0.997. The van der Waals surface area contributed by atoms with E-state index in [2.05, 4.69) is 16.0 Å². The van der Waals surface area contributed by atoms with E-state index >= 15 is 0 Å². The fourth-order valence-corrected chi connectivity index (χ4v) is 1.86. The van der Waals surface area contributed by atoms with Crippen LogP contribution in [0.1, 0.15) is 13.3 Å². The van der Waals surface area contributed by atoms with E-state index in [9.17, 15) is 0 Å². The van der Waals surface area contributed by atoms with Crippen molar-refractivity contribution in [2.75, 3.05) is 36.9 Å². The molecule has 1 fully saturated rings. The van der Waals surface area contributed by atoms with Crippen LogP contribution in [0.4, 0.5) is 11.5 Å². The zero-order chi connectivity index (χ0) is 13.7. The molecule has 102 valence electrons. The maximum atomic E-state index is 8.91. The van der Waals surface area contributed by atoms with Gasteiger partial charge in [0, 0.05) is 6.54 Å². The molecule has 7 nitrogen and oxygen atoms in total. The third-order valence-electron chi connectivity index (χ3n) is 2.78. The molecule has 2 rings (SSSR count). The number of aromatic nitrogens is 2. The first-order valence-corrected chi connectivity index (χ1v) is 6.25. The first kappa shape index (κ1) is 13.4. The standard InChI is InChI=1S/C12H17N5O2/c1-2-4-19-12-10(14)11(15-8-16-12)17-3-5-18-9(6-13)7-17/h8-9H,2-5,7,14H2,1H3. The molecule has 1 aromatic rings. The van der Waals surface area contributed by atoms with Crippen molar-refractivity contribution >= 4 is 11.5 Å². The highest BCUT2D eigenvalue weighted by atomic mass is 16.5. The van der Waals surface area contributed by atoms with Crippen LogP contribution in [0, 0.1) is 11.3 Å². The summed E-state index contributed by atoms with van der Waals surface area (Å²) in [6, 6.07) is 2.09. The Kier molecular flexibility index (Phi) is 4.36. The zero-order valence-electron chi connectivity index (χ0n) is 10.9. The van der Waals surface area contributed by atoms with Crippen LogP contribution in [0.3, 0.4) is 0 Å². The number of nitrogens with zero attached hydrogens (tertiary/aromatic N) is 4. The van der Waals surface area contributed by atoms with Gasteiger partial charge >= 0.3 is 0 Å². The maximum Gasteiger partial charge on any atom is 0.242 e. The number of hydrogen-bond donors (Lipinski definition) is 1. The Balaban J connectivity index is 2.17. The molecule has 0 bridgehead atoms. The molecular formula is C12H17N5O2. The van der Waals surface area contributed by atoms with E-state index in [0.29, 0.717) is 43.7 Å². The topological polar surface area (TPSA) is 97.3 Å². The highest BCUT2D eigenvalue weighted by Crippen LogP contribution is 2.28. The van der Waals surface area contributed by atoms with E-state index in [0.717, 1.165) is 6.42 Å². The molecule has 0 aliphatic carbocycles. The molecule has 0 saturated carbocycles. The van der Waals surface area contributed by atoms with Gasteiger partial charge < -0.3 is 20.1 Å². The van der Waals surface area contributed by atoms with Gasteiger partial charge in [-0.3, -0.25) is 0 Å². The maximum absolute atomic E-state index is 8.91. The van der Waals surface area contributed by atoms with Gasteiger partial charge in [-0.05, 0) is 6.42 Å². The van der Waals surface area contributed by atoms with Gasteiger partial charge in [0.25, 0.3) is 0 Å². The lowest BCUT2D eigenvalue weighted by molar-refractivity contribution is 0.0762. The van der Waals surface area contributed by atoms with E-state index in [-0.39, 0.29) is 0 Å². The van der Waals surface area contributed by atoms with Gasteiger partial charge in [0.15, 0.2) is 11.9 Å². The second-order valence-electron chi connectivity index (χ2n) is 4.20. The Hall–Kier alpha value is -2.07. The van der Waals surface area contributed by atoms with Crippen molar-refractivity contribution < 1.29 is 9.47 Å². The van der Waals surface area contributed by atoms with Crippen LogP contribution in [0.15, 0.2) is 6.33 Å². The molecule has 0 aromatic carbocycles. The van der Waals surface area contributed by atoms with Gasteiger partial charge in [-0.2, -0.15) is 10.2 Å². The Labute approximate surface area is 112 Å². The first-order chi connectivity index (χ1) is 9.26. The quantitative estimate of drug-likeness (QED) is 0.848. The molecule has 1 atom stereocenters. The average molecular weight is 263 g/mol. The predicted octanol–water partition coefficient (Wildman–Crippen LogP) is 0.576.